The molecule has 1 N–H and O–H groups in total. The molecule has 1 fully saturated rings. The van der Waals surface area contributed by atoms with Gasteiger partial charge in [0.1, 0.15) is 11.9 Å². The summed E-state index contributed by atoms with van der Waals surface area (Å²) in [5.41, 5.74) is 5.35. The van der Waals surface area contributed by atoms with Gasteiger partial charge in [-0.1, -0.05) is 18.2 Å². The lowest BCUT2D eigenvalue weighted by molar-refractivity contribution is 0.491. The largest absolute Gasteiger partial charge is 0.346 e. The molecule has 1 saturated heterocycles. The molecule has 0 saturated carbocycles. The Morgan fingerprint density at radius 1 is 1.12 bits per heavy atom. The fourth-order valence-corrected chi connectivity index (χ4v) is 5.03. The van der Waals surface area contributed by atoms with Gasteiger partial charge in [-0.05, 0) is 55.3 Å². The second kappa shape index (κ2) is 8.08. The predicted molar refractivity (Wildman–Crippen MR) is 131 cm³/mol. The third kappa shape index (κ3) is 3.35. The number of hydrogen-bond donors (Lipinski definition) is 1. The van der Waals surface area contributed by atoms with Gasteiger partial charge in [0.05, 0.1) is 34.7 Å². The van der Waals surface area contributed by atoms with E-state index in [0.717, 1.165) is 64.7 Å². The van der Waals surface area contributed by atoms with Crippen molar-refractivity contribution < 1.29 is 4.39 Å². The number of halogens is 1. The molecule has 1 aliphatic rings. The van der Waals surface area contributed by atoms with Crippen LogP contribution in [0.4, 0.5) is 4.39 Å². The Morgan fingerprint density at radius 2 is 2.00 bits per heavy atom. The third-order valence-corrected chi connectivity index (χ3v) is 6.85. The van der Waals surface area contributed by atoms with Crippen LogP contribution in [0.5, 0.6) is 0 Å². The molecule has 6 rings (SSSR count). The average Bonchev–Trinajstić information content (AvgIpc) is 3.60. The predicted octanol–water partition coefficient (Wildman–Crippen LogP) is 4.88. The average molecular weight is 451 g/mol. The molecule has 0 aliphatic carbocycles. The molecule has 4 heterocycles. The Hall–Kier alpha value is -4.02. The van der Waals surface area contributed by atoms with Crippen molar-refractivity contribution in [1.82, 2.24) is 24.6 Å². The summed E-state index contributed by atoms with van der Waals surface area (Å²) < 4.78 is 18.8. The Balaban J connectivity index is 1.57. The van der Waals surface area contributed by atoms with Crippen molar-refractivity contribution in [3.05, 3.63) is 72.4 Å². The summed E-state index contributed by atoms with van der Waals surface area (Å²) in [5, 5.41) is 19.1. The third-order valence-electron chi connectivity index (χ3n) is 6.85. The molecule has 0 spiro atoms. The van der Waals surface area contributed by atoms with Crippen LogP contribution in [0.15, 0.2) is 61.1 Å². The number of fused-ring (bicyclic) bond motifs is 2. The van der Waals surface area contributed by atoms with Gasteiger partial charge in [0, 0.05) is 41.7 Å². The van der Waals surface area contributed by atoms with Crippen LogP contribution in [0.1, 0.15) is 12.0 Å². The number of aryl methyl sites for hydroxylation is 1. The van der Waals surface area contributed by atoms with Crippen molar-refractivity contribution in [3.8, 4) is 28.5 Å². The van der Waals surface area contributed by atoms with E-state index in [4.69, 9.17) is 4.98 Å². The first-order valence-corrected chi connectivity index (χ1v) is 11.4. The van der Waals surface area contributed by atoms with E-state index in [-0.39, 0.29) is 5.56 Å². The van der Waals surface area contributed by atoms with Crippen molar-refractivity contribution in [2.45, 2.75) is 13.0 Å². The molecule has 1 atom stereocenters. The van der Waals surface area contributed by atoms with E-state index in [0.29, 0.717) is 11.5 Å². The minimum Gasteiger partial charge on any atom is -0.346 e. The molecular weight excluding hydrogens is 427 g/mol. The highest BCUT2D eigenvalue weighted by Gasteiger charge is 2.20. The van der Waals surface area contributed by atoms with Crippen molar-refractivity contribution in [1.29, 1.82) is 5.26 Å². The summed E-state index contributed by atoms with van der Waals surface area (Å²) in [6, 6.07) is 14.9. The Kier molecular flexibility index (Phi) is 4.89. The van der Waals surface area contributed by atoms with Crippen molar-refractivity contribution >= 4 is 21.8 Å². The van der Waals surface area contributed by atoms with Crippen LogP contribution in [0, 0.1) is 23.1 Å². The minimum absolute atomic E-state index is 0.0352. The Labute approximate surface area is 196 Å². The van der Waals surface area contributed by atoms with E-state index in [1.54, 1.807) is 6.07 Å². The fourth-order valence-electron chi connectivity index (χ4n) is 5.03. The SMILES string of the molecule is Cn1ncc2ccc(-c3ncc4c(ccn4CC4CCNC4)c3-c3ccc(C#N)c(F)c3)cc21. The van der Waals surface area contributed by atoms with Crippen LogP contribution in [0.3, 0.4) is 0 Å². The molecule has 2 aromatic carbocycles. The Bertz CT molecular complexity index is 1580. The maximum absolute atomic E-state index is 14.7. The standard InChI is InChI=1S/C27H23FN6/c1-33-24-11-19(3-5-21(24)14-32-33)27-26(18-2-4-20(12-29)23(28)10-18)22-7-9-34(25(22)15-31-27)16-17-6-8-30-13-17/h2-5,7,9-11,14-15,17,30H,6,8,13,16H2,1H3. The zero-order chi connectivity index (χ0) is 23.2. The van der Waals surface area contributed by atoms with Crippen molar-refractivity contribution in [2.75, 3.05) is 13.1 Å². The summed E-state index contributed by atoms with van der Waals surface area (Å²) in [5.74, 6) is 0.0554. The number of rotatable bonds is 4. The van der Waals surface area contributed by atoms with E-state index < -0.39 is 5.82 Å². The highest BCUT2D eigenvalue weighted by molar-refractivity contribution is 6.02. The van der Waals surface area contributed by atoms with Crippen LogP contribution in [-0.2, 0) is 13.6 Å². The maximum Gasteiger partial charge on any atom is 0.141 e. The van der Waals surface area contributed by atoms with E-state index in [1.165, 1.54) is 6.07 Å². The first-order valence-electron chi connectivity index (χ1n) is 11.4. The van der Waals surface area contributed by atoms with Gasteiger partial charge in [0.2, 0.25) is 0 Å². The van der Waals surface area contributed by atoms with Crippen molar-refractivity contribution in [3.63, 3.8) is 0 Å². The molecule has 34 heavy (non-hydrogen) atoms. The van der Waals surface area contributed by atoms with Crippen LogP contribution in [0.2, 0.25) is 0 Å². The molecule has 168 valence electrons. The molecule has 5 aromatic rings. The molecule has 1 unspecified atom stereocenters. The molecule has 0 amide bonds. The molecule has 1 aliphatic heterocycles. The number of hydrogen-bond acceptors (Lipinski definition) is 4. The van der Waals surface area contributed by atoms with Gasteiger partial charge >= 0.3 is 0 Å². The van der Waals surface area contributed by atoms with Crippen LogP contribution >= 0.6 is 0 Å². The van der Waals surface area contributed by atoms with E-state index in [9.17, 15) is 9.65 Å². The number of aromatic nitrogens is 4. The first kappa shape index (κ1) is 20.6. The minimum atomic E-state index is -0.526. The lowest BCUT2D eigenvalue weighted by atomic mass is 9.95. The number of nitrogens with one attached hydrogen (secondary N) is 1. The van der Waals surface area contributed by atoms with E-state index >= 15 is 0 Å². The zero-order valence-electron chi connectivity index (χ0n) is 18.8. The van der Waals surface area contributed by atoms with E-state index in [1.807, 2.05) is 48.4 Å². The van der Waals surface area contributed by atoms with Gasteiger partial charge in [0.25, 0.3) is 0 Å². The smallest absolute Gasteiger partial charge is 0.141 e. The van der Waals surface area contributed by atoms with Crippen LogP contribution < -0.4 is 5.32 Å². The lowest BCUT2D eigenvalue weighted by Gasteiger charge is -2.15. The number of benzene rings is 2. The molecule has 0 bridgehead atoms. The summed E-state index contributed by atoms with van der Waals surface area (Å²) >= 11 is 0. The molecule has 6 nitrogen and oxygen atoms in total. The second-order valence-corrected chi connectivity index (χ2v) is 8.96. The second-order valence-electron chi connectivity index (χ2n) is 8.96. The molecule has 7 heteroatoms. The fraction of sp³-hybridized carbons (Fsp3) is 0.222. The monoisotopic (exact) mass is 450 g/mol. The van der Waals surface area contributed by atoms with Crippen LogP contribution in [-0.4, -0.2) is 32.4 Å². The van der Waals surface area contributed by atoms with Gasteiger partial charge in [-0.2, -0.15) is 10.4 Å². The molecule has 3 aromatic heterocycles. The zero-order valence-corrected chi connectivity index (χ0v) is 18.8. The van der Waals surface area contributed by atoms with Crippen LogP contribution in [0.25, 0.3) is 44.2 Å². The van der Waals surface area contributed by atoms with Crippen molar-refractivity contribution in [2.24, 2.45) is 13.0 Å². The van der Waals surface area contributed by atoms with Gasteiger partial charge < -0.3 is 9.88 Å². The Morgan fingerprint density at radius 3 is 2.79 bits per heavy atom. The number of nitrogens with zero attached hydrogens (tertiary/aromatic N) is 5. The first-order chi connectivity index (χ1) is 16.6. The summed E-state index contributed by atoms with van der Waals surface area (Å²) in [6.45, 7) is 2.99. The summed E-state index contributed by atoms with van der Waals surface area (Å²) in [7, 11) is 1.91. The van der Waals surface area contributed by atoms with Gasteiger partial charge in [-0.3, -0.25) is 9.67 Å². The normalized spacial score (nSPS) is 15.9. The highest BCUT2D eigenvalue weighted by atomic mass is 19.1. The lowest BCUT2D eigenvalue weighted by Crippen LogP contribution is -2.14. The highest BCUT2D eigenvalue weighted by Crippen LogP contribution is 2.38. The van der Waals surface area contributed by atoms with Gasteiger partial charge in [0.15, 0.2) is 0 Å². The van der Waals surface area contributed by atoms with Gasteiger partial charge in [-0.25, -0.2) is 4.39 Å². The van der Waals surface area contributed by atoms with E-state index in [2.05, 4.69) is 33.3 Å². The number of pyridine rings is 1. The molecule has 0 radical (unpaired) electrons. The topological polar surface area (TPSA) is 71.5 Å². The van der Waals surface area contributed by atoms with Gasteiger partial charge in [-0.15, -0.1) is 0 Å². The quantitative estimate of drug-likeness (QED) is 0.424. The number of nitriles is 1. The summed E-state index contributed by atoms with van der Waals surface area (Å²) in [4.78, 5) is 4.90. The maximum atomic E-state index is 14.7. The summed E-state index contributed by atoms with van der Waals surface area (Å²) in [6.07, 6.45) is 7.01. The molecular formula is C27H23FN6.